The van der Waals surface area contributed by atoms with Crippen molar-refractivity contribution in [2.75, 3.05) is 11.9 Å². The molecule has 0 spiro atoms. The molecule has 6 nitrogen and oxygen atoms in total. The Balaban J connectivity index is 1.98. The molecule has 1 aliphatic heterocycles. The standard InChI is InChI=1S/C14H15F3N6/c1-8-10(7-19-23-8)20-12-6-11(14(15,16)17)21-13(22-12)9-2-4-18-5-3-9/h2-6,8,10,19,23H,7H2,1H3,(H,20,21,22). The van der Waals surface area contributed by atoms with Gasteiger partial charge in [-0.2, -0.15) is 13.2 Å². The van der Waals surface area contributed by atoms with E-state index in [2.05, 4.69) is 31.1 Å². The van der Waals surface area contributed by atoms with Crippen molar-refractivity contribution in [1.82, 2.24) is 25.8 Å². The van der Waals surface area contributed by atoms with Gasteiger partial charge in [-0.3, -0.25) is 15.8 Å². The van der Waals surface area contributed by atoms with Crippen LogP contribution in [0.3, 0.4) is 0 Å². The molecule has 2 aromatic heterocycles. The van der Waals surface area contributed by atoms with Crippen molar-refractivity contribution in [3.05, 3.63) is 36.3 Å². The van der Waals surface area contributed by atoms with E-state index >= 15 is 0 Å². The van der Waals surface area contributed by atoms with Crippen molar-refractivity contribution in [2.45, 2.75) is 25.2 Å². The van der Waals surface area contributed by atoms with Crippen molar-refractivity contribution in [2.24, 2.45) is 0 Å². The van der Waals surface area contributed by atoms with Gasteiger partial charge in [0.25, 0.3) is 0 Å². The van der Waals surface area contributed by atoms with Gasteiger partial charge in [0, 0.05) is 36.6 Å². The van der Waals surface area contributed by atoms with Crippen LogP contribution in [0.4, 0.5) is 19.0 Å². The minimum Gasteiger partial charge on any atom is -0.364 e. The normalized spacial score (nSPS) is 21.4. The molecule has 9 heteroatoms. The molecule has 0 saturated carbocycles. The average molecular weight is 324 g/mol. The summed E-state index contributed by atoms with van der Waals surface area (Å²) < 4.78 is 39.3. The number of anilines is 1. The predicted molar refractivity (Wildman–Crippen MR) is 78.3 cm³/mol. The molecule has 0 amide bonds. The van der Waals surface area contributed by atoms with E-state index in [1.165, 1.54) is 12.4 Å². The van der Waals surface area contributed by atoms with Gasteiger partial charge in [0.15, 0.2) is 11.5 Å². The van der Waals surface area contributed by atoms with Crippen LogP contribution in [0.1, 0.15) is 12.6 Å². The fourth-order valence-electron chi connectivity index (χ4n) is 2.27. The summed E-state index contributed by atoms with van der Waals surface area (Å²) in [6.45, 7) is 2.50. The molecular formula is C14H15F3N6. The molecule has 1 fully saturated rings. The highest BCUT2D eigenvalue weighted by atomic mass is 19.4. The first-order valence-electron chi connectivity index (χ1n) is 7.05. The van der Waals surface area contributed by atoms with Crippen molar-refractivity contribution < 1.29 is 13.2 Å². The number of alkyl halides is 3. The van der Waals surface area contributed by atoms with Gasteiger partial charge in [-0.25, -0.2) is 9.97 Å². The maximum atomic E-state index is 13.1. The summed E-state index contributed by atoms with van der Waals surface area (Å²) in [5.74, 6) is 0.151. The number of halogens is 3. The zero-order valence-electron chi connectivity index (χ0n) is 12.2. The first-order chi connectivity index (χ1) is 10.9. The number of nitrogens with one attached hydrogen (secondary N) is 3. The molecule has 0 aliphatic carbocycles. The largest absolute Gasteiger partial charge is 0.433 e. The van der Waals surface area contributed by atoms with Gasteiger partial charge in [0.05, 0.1) is 6.04 Å². The van der Waals surface area contributed by atoms with Gasteiger partial charge >= 0.3 is 6.18 Å². The zero-order valence-corrected chi connectivity index (χ0v) is 12.2. The predicted octanol–water partition coefficient (Wildman–Crippen LogP) is 1.83. The Morgan fingerprint density at radius 2 is 1.96 bits per heavy atom. The van der Waals surface area contributed by atoms with E-state index < -0.39 is 11.9 Å². The topological polar surface area (TPSA) is 74.8 Å². The monoisotopic (exact) mass is 324 g/mol. The second-order valence-corrected chi connectivity index (χ2v) is 5.26. The van der Waals surface area contributed by atoms with Crippen LogP contribution in [0.2, 0.25) is 0 Å². The number of nitrogens with zero attached hydrogens (tertiary/aromatic N) is 3. The van der Waals surface area contributed by atoms with Crippen LogP contribution in [-0.4, -0.2) is 33.6 Å². The van der Waals surface area contributed by atoms with E-state index in [4.69, 9.17) is 0 Å². The van der Waals surface area contributed by atoms with Crippen LogP contribution in [0.5, 0.6) is 0 Å². The number of pyridine rings is 1. The fourth-order valence-corrected chi connectivity index (χ4v) is 2.27. The third-order valence-electron chi connectivity index (χ3n) is 3.54. The van der Waals surface area contributed by atoms with E-state index in [1.54, 1.807) is 12.1 Å². The Hall–Kier alpha value is -2.26. The molecule has 0 radical (unpaired) electrons. The number of hydrazine groups is 1. The molecule has 2 unspecified atom stereocenters. The highest BCUT2D eigenvalue weighted by Gasteiger charge is 2.34. The maximum absolute atomic E-state index is 13.1. The van der Waals surface area contributed by atoms with Crippen LogP contribution in [0, 0.1) is 0 Å². The number of hydrogen-bond acceptors (Lipinski definition) is 6. The molecule has 3 heterocycles. The molecule has 1 aliphatic rings. The van der Waals surface area contributed by atoms with Crippen LogP contribution in [0.15, 0.2) is 30.6 Å². The molecule has 2 atom stereocenters. The van der Waals surface area contributed by atoms with E-state index in [-0.39, 0.29) is 23.7 Å². The third kappa shape index (κ3) is 3.57. The molecule has 1 saturated heterocycles. The van der Waals surface area contributed by atoms with Gasteiger partial charge in [-0.15, -0.1) is 0 Å². The van der Waals surface area contributed by atoms with E-state index in [0.717, 1.165) is 6.07 Å². The van der Waals surface area contributed by atoms with Gasteiger partial charge in [0.2, 0.25) is 0 Å². The Morgan fingerprint density at radius 1 is 1.22 bits per heavy atom. The van der Waals surface area contributed by atoms with Crippen LogP contribution < -0.4 is 16.2 Å². The van der Waals surface area contributed by atoms with Crippen molar-refractivity contribution in [3.63, 3.8) is 0 Å². The third-order valence-corrected chi connectivity index (χ3v) is 3.54. The van der Waals surface area contributed by atoms with Gasteiger partial charge in [0.1, 0.15) is 5.82 Å². The summed E-state index contributed by atoms with van der Waals surface area (Å²) in [6.07, 6.45) is -1.57. The van der Waals surface area contributed by atoms with Gasteiger partial charge in [-0.1, -0.05) is 0 Å². The minimum absolute atomic E-state index is 0.0105. The summed E-state index contributed by atoms with van der Waals surface area (Å²) in [5.41, 5.74) is 5.44. The maximum Gasteiger partial charge on any atom is 0.433 e. The fraction of sp³-hybridized carbons (Fsp3) is 0.357. The van der Waals surface area contributed by atoms with Gasteiger partial charge < -0.3 is 5.32 Å². The molecule has 23 heavy (non-hydrogen) atoms. The Bertz CT molecular complexity index is 676. The summed E-state index contributed by atoms with van der Waals surface area (Å²) in [6, 6.07) is 4.05. The number of hydrogen-bond donors (Lipinski definition) is 3. The van der Waals surface area contributed by atoms with Crippen molar-refractivity contribution in [1.29, 1.82) is 0 Å². The first-order valence-corrected chi connectivity index (χ1v) is 7.05. The second-order valence-electron chi connectivity index (χ2n) is 5.26. The van der Waals surface area contributed by atoms with Crippen LogP contribution in [0.25, 0.3) is 11.4 Å². The lowest BCUT2D eigenvalue weighted by molar-refractivity contribution is -0.141. The molecule has 3 N–H and O–H groups in total. The molecule has 0 bridgehead atoms. The van der Waals surface area contributed by atoms with E-state index in [0.29, 0.717) is 12.1 Å². The van der Waals surface area contributed by atoms with Crippen LogP contribution in [-0.2, 0) is 6.18 Å². The molecule has 0 aromatic carbocycles. The molecular weight excluding hydrogens is 309 g/mol. The van der Waals surface area contributed by atoms with Gasteiger partial charge in [-0.05, 0) is 19.1 Å². The molecule has 3 rings (SSSR count). The summed E-state index contributed by atoms with van der Waals surface area (Å²) >= 11 is 0. The Labute approximate surface area is 130 Å². The molecule has 2 aromatic rings. The smallest absolute Gasteiger partial charge is 0.364 e. The highest BCUT2D eigenvalue weighted by Crippen LogP contribution is 2.30. The van der Waals surface area contributed by atoms with Crippen molar-refractivity contribution in [3.8, 4) is 11.4 Å². The van der Waals surface area contributed by atoms with Crippen molar-refractivity contribution >= 4 is 5.82 Å². The lowest BCUT2D eigenvalue weighted by Gasteiger charge is -2.18. The Morgan fingerprint density at radius 3 is 2.57 bits per heavy atom. The average Bonchev–Trinajstić information content (AvgIpc) is 2.92. The second kappa shape index (κ2) is 6.09. The van der Waals surface area contributed by atoms with E-state index in [1.807, 2.05) is 6.92 Å². The summed E-state index contributed by atoms with van der Waals surface area (Å²) in [4.78, 5) is 11.7. The molecule has 122 valence electrons. The lowest BCUT2D eigenvalue weighted by Crippen LogP contribution is -2.34. The van der Waals surface area contributed by atoms with E-state index in [9.17, 15) is 13.2 Å². The quantitative estimate of drug-likeness (QED) is 0.800. The Kier molecular flexibility index (Phi) is 4.14. The lowest BCUT2D eigenvalue weighted by atomic mass is 10.2. The number of rotatable bonds is 3. The highest BCUT2D eigenvalue weighted by molar-refractivity contribution is 5.57. The number of aromatic nitrogens is 3. The first kappa shape index (κ1) is 15.6. The summed E-state index contributed by atoms with van der Waals surface area (Å²) in [5, 5.41) is 3.02. The zero-order chi connectivity index (χ0) is 16.4. The summed E-state index contributed by atoms with van der Waals surface area (Å²) in [7, 11) is 0. The minimum atomic E-state index is -4.54. The SMILES string of the molecule is CC1NNCC1Nc1cc(C(F)(F)F)nc(-c2ccncc2)n1. The van der Waals surface area contributed by atoms with Crippen LogP contribution >= 0.6 is 0 Å².